The first-order valence-corrected chi connectivity index (χ1v) is 16.8. The fraction of sp³-hybridized carbons (Fsp3) is 0.273. The summed E-state index contributed by atoms with van der Waals surface area (Å²) in [6.07, 6.45) is 3.02. The fourth-order valence-corrected chi connectivity index (χ4v) is 7.04. The van der Waals surface area contributed by atoms with E-state index in [1.54, 1.807) is 30.3 Å². The number of anilines is 1. The molecule has 1 amide bonds. The molecular weight excluding hydrogens is 634 g/mol. The van der Waals surface area contributed by atoms with Crippen molar-refractivity contribution in [2.45, 2.75) is 42.3 Å². The van der Waals surface area contributed by atoms with E-state index < -0.39 is 17.7 Å². The van der Waals surface area contributed by atoms with Gasteiger partial charge in [-0.15, -0.1) is 10.2 Å². The Bertz CT molecular complexity index is 1740. The molecule has 1 atom stereocenters. The maximum absolute atomic E-state index is 13.7. The summed E-state index contributed by atoms with van der Waals surface area (Å²) in [4.78, 5) is 28.7. The number of amides is 1. The van der Waals surface area contributed by atoms with Gasteiger partial charge in [-0.05, 0) is 60.0 Å². The predicted molar refractivity (Wildman–Crippen MR) is 175 cm³/mol. The second-order valence-electron chi connectivity index (χ2n) is 10.4. The normalized spacial score (nSPS) is 17.1. The number of unbranched alkanes of at least 4 members (excludes halogenated alkanes) is 2. The highest BCUT2D eigenvalue weighted by molar-refractivity contribution is 8.00. The molecule has 45 heavy (non-hydrogen) atoms. The Morgan fingerprint density at radius 1 is 1.04 bits per heavy atom. The molecule has 3 aromatic carbocycles. The molecule has 1 N–H and O–H groups in total. The lowest BCUT2D eigenvalue weighted by atomic mass is 9.95. The van der Waals surface area contributed by atoms with Gasteiger partial charge >= 0.3 is 5.91 Å². The molecule has 0 bridgehead atoms. The van der Waals surface area contributed by atoms with Crippen LogP contribution in [0.15, 0.2) is 76.6 Å². The molecule has 12 heteroatoms. The maximum atomic E-state index is 13.7. The second kappa shape index (κ2) is 13.9. The number of ether oxygens (including phenoxy) is 3. The number of nitrogens with zero attached hydrogens (tertiary/aromatic N) is 3. The number of rotatable bonds is 11. The highest BCUT2D eigenvalue weighted by Gasteiger charge is 2.48. The van der Waals surface area contributed by atoms with Crippen molar-refractivity contribution in [2.24, 2.45) is 0 Å². The Kier molecular flexibility index (Phi) is 9.58. The number of Topliss-reactive ketones (excluding diaryl/α,β-unsaturated/α-hetero) is 1. The Morgan fingerprint density at radius 2 is 1.84 bits per heavy atom. The molecule has 2 aliphatic heterocycles. The van der Waals surface area contributed by atoms with Crippen LogP contribution in [0.25, 0.3) is 5.76 Å². The van der Waals surface area contributed by atoms with Crippen LogP contribution in [0.1, 0.15) is 48.9 Å². The standard InChI is InChI=1S/C33H30ClN3O6S2/c1-2-3-4-14-41-24-7-5-6-21(17-24)28-27(29(38)22-10-13-25-26(18-22)43-16-15-42-25)30(39)31(40)37(28)32-35-36-33(45-32)44-19-20-8-11-23(34)12-9-20/h5-13,17-18,28,38H,2-4,14-16,19H2,1H3/b29-27+/t28-/m1/s1. The monoisotopic (exact) mass is 663 g/mol. The molecule has 0 unspecified atom stereocenters. The van der Waals surface area contributed by atoms with E-state index in [1.165, 1.54) is 28.0 Å². The van der Waals surface area contributed by atoms with Crippen molar-refractivity contribution in [3.05, 3.63) is 94.0 Å². The van der Waals surface area contributed by atoms with Gasteiger partial charge in [-0.25, -0.2) is 0 Å². The zero-order chi connectivity index (χ0) is 31.3. The van der Waals surface area contributed by atoms with Crippen LogP contribution in [0.3, 0.4) is 0 Å². The summed E-state index contributed by atoms with van der Waals surface area (Å²) in [7, 11) is 0. The van der Waals surface area contributed by atoms with Gasteiger partial charge in [0, 0.05) is 16.3 Å². The SMILES string of the molecule is CCCCCOc1cccc([C@@H]2/C(=C(\O)c3ccc4c(c3)OCCO4)C(=O)C(=O)N2c2nnc(SCc3ccc(Cl)cc3)s2)c1. The highest BCUT2D eigenvalue weighted by atomic mass is 35.5. The van der Waals surface area contributed by atoms with Crippen LogP contribution in [0.5, 0.6) is 17.2 Å². The highest BCUT2D eigenvalue weighted by Crippen LogP contribution is 2.45. The van der Waals surface area contributed by atoms with Crippen molar-refractivity contribution in [1.82, 2.24) is 10.2 Å². The summed E-state index contributed by atoms with van der Waals surface area (Å²) < 4.78 is 17.9. The fourth-order valence-electron chi connectivity index (χ4n) is 5.09. The van der Waals surface area contributed by atoms with Gasteiger partial charge in [0.25, 0.3) is 5.78 Å². The van der Waals surface area contributed by atoms with Gasteiger partial charge in [0.2, 0.25) is 5.13 Å². The van der Waals surface area contributed by atoms with Crippen LogP contribution in [-0.2, 0) is 15.3 Å². The van der Waals surface area contributed by atoms with E-state index >= 15 is 0 Å². The minimum Gasteiger partial charge on any atom is -0.507 e. The van der Waals surface area contributed by atoms with Gasteiger partial charge in [0.15, 0.2) is 15.8 Å². The van der Waals surface area contributed by atoms with E-state index in [0.717, 1.165) is 24.8 Å². The third-order valence-corrected chi connectivity index (χ3v) is 9.71. The summed E-state index contributed by atoms with van der Waals surface area (Å²) >= 11 is 8.68. The number of aliphatic hydroxyl groups excluding tert-OH is 1. The van der Waals surface area contributed by atoms with Gasteiger partial charge in [-0.1, -0.05) is 78.7 Å². The van der Waals surface area contributed by atoms with Crippen molar-refractivity contribution in [1.29, 1.82) is 0 Å². The number of carbonyl (C=O) groups excluding carboxylic acids is 2. The number of aliphatic hydroxyl groups is 1. The number of ketones is 1. The number of thioether (sulfide) groups is 1. The maximum Gasteiger partial charge on any atom is 0.301 e. The number of halogens is 1. The summed E-state index contributed by atoms with van der Waals surface area (Å²) in [6.45, 7) is 3.45. The van der Waals surface area contributed by atoms with E-state index in [2.05, 4.69) is 17.1 Å². The van der Waals surface area contributed by atoms with Crippen molar-refractivity contribution in [3.63, 3.8) is 0 Å². The van der Waals surface area contributed by atoms with Crippen LogP contribution in [-0.4, -0.2) is 46.8 Å². The molecular formula is C33H30ClN3O6S2. The Labute approximate surface area is 273 Å². The molecule has 3 heterocycles. The molecule has 0 saturated carbocycles. The van der Waals surface area contributed by atoms with E-state index in [1.807, 2.05) is 36.4 Å². The van der Waals surface area contributed by atoms with Crippen LogP contribution >= 0.6 is 34.7 Å². The average Bonchev–Trinajstić information content (AvgIpc) is 3.64. The number of aromatic nitrogens is 2. The largest absolute Gasteiger partial charge is 0.507 e. The molecule has 2 aliphatic rings. The lowest BCUT2D eigenvalue weighted by Crippen LogP contribution is -2.29. The summed E-state index contributed by atoms with van der Waals surface area (Å²) in [5.41, 5.74) is 1.90. The first-order valence-electron chi connectivity index (χ1n) is 14.6. The Hall–Kier alpha value is -4.06. The van der Waals surface area contributed by atoms with Gasteiger partial charge in [0.1, 0.15) is 24.7 Å². The molecule has 1 fully saturated rings. The number of fused-ring (bicyclic) bond motifs is 1. The van der Waals surface area contributed by atoms with Crippen molar-refractivity contribution in [2.75, 3.05) is 24.7 Å². The summed E-state index contributed by atoms with van der Waals surface area (Å²) in [5, 5.41) is 21.1. The topological polar surface area (TPSA) is 111 Å². The zero-order valence-electron chi connectivity index (χ0n) is 24.4. The predicted octanol–water partition coefficient (Wildman–Crippen LogP) is 7.45. The molecule has 232 valence electrons. The minimum absolute atomic E-state index is 0.0645. The molecule has 9 nitrogen and oxygen atoms in total. The summed E-state index contributed by atoms with van der Waals surface area (Å²) in [6, 6.07) is 18.7. The van der Waals surface area contributed by atoms with E-state index in [-0.39, 0.29) is 16.5 Å². The summed E-state index contributed by atoms with van der Waals surface area (Å²) in [5.74, 6) is 0.255. The molecule has 1 aromatic heterocycles. The van der Waals surface area contributed by atoms with Crippen molar-refractivity contribution < 1.29 is 28.9 Å². The molecule has 4 aromatic rings. The first-order chi connectivity index (χ1) is 21.9. The molecule has 0 radical (unpaired) electrons. The Balaban J connectivity index is 1.37. The number of hydrogen-bond donors (Lipinski definition) is 1. The van der Waals surface area contributed by atoms with Crippen LogP contribution < -0.4 is 19.1 Å². The van der Waals surface area contributed by atoms with E-state index in [0.29, 0.717) is 63.3 Å². The minimum atomic E-state index is -0.973. The molecule has 0 aliphatic carbocycles. The quantitative estimate of drug-likeness (QED) is 0.0437. The number of hydrogen-bond acceptors (Lipinski definition) is 10. The van der Waals surface area contributed by atoms with Crippen molar-refractivity contribution in [3.8, 4) is 17.2 Å². The first kappa shape index (κ1) is 30.9. The third kappa shape index (κ3) is 6.80. The lowest BCUT2D eigenvalue weighted by Gasteiger charge is -2.23. The van der Waals surface area contributed by atoms with Crippen LogP contribution in [0.2, 0.25) is 5.02 Å². The molecule has 0 spiro atoms. The smallest absolute Gasteiger partial charge is 0.301 e. The van der Waals surface area contributed by atoms with Gasteiger partial charge in [-0.3, -0.25) is 14.5 Å². The second-order valence-corrected chi connectivity index (χ2v) is 13.0. The van der Waals surface area contributed by atoms with Crippen molar-refractivity contribution >= 4 is 57.3 Å². The molecule has 1 saturated heterocycles. The number of benzene rings is 3. The van der Waals surface area contributed by atoms with Gasteiger partial charge < -0.3 is 19.3 Å². The zero-order valence-corrected chi connectivity index (χ0v) is 26.8. The third-order valence-electron chi connectivity index (χ3n) is 7.33. The molecule has 6 rings (SSSR count). The van der Waals surface area contributed by atoms with E-state index in [9.17, 15) is 14.7 Å². The lowest BCUT2D eigenvalue weighted by molar-refractivity contribution is -0.132. The average molecular weight is 664 g/mol. The van der Waals surface area contributed by atoms with Crippen LogP contribution in [0.4, 0.5) is 5.13 Å². The Morgan fingerprint density at radius 3 is 2.64 bits per heavy atom. The number of carbonyl (C=O) groups is 2. The van der Waals surface area contributed by atoms with Crippen LogP contribution in [0, 0.1) is 0 Å². The van der Waals surface area contributed by atoms with E-state index in [4.69, 9.17) is 25.8 Å². The van der Waals surface area contributed by atoms with Gasteiger partial charge in [0.05, 0.1) is 18.2 Å². The van der Waals surface area contributed by atoms with Gasteiger partial charge in [-0.2, -0.15) is 0 Å².